The quantitative estimate of drug-likeness (QED) is 0.798. The highest BCUT2D eigenvalue weighted by molar-refractivity contribution is 5.68. The summed E-state index contributed by atoms with van der Waals surface area (Å²) in [5.74, 6) is -0.102. The zero-order valence-corrected chi connectivity index (χ0v) is 10.3. The van der Waals surface area contributed by atoms with Crippen LogP contribution >= 0.6 is 0 Å². The molecular formula is C16H13NO2. The fourth-order valence-corrected chi connectivity index (χ4v) is 2.25. The van der Waals surface area contributed by atoms with E-state index in [0.29, 0.717) is 5.22 Å². The summed E-state index contributed by atoms with van der Waals surface area (Å²) in [6, 6.07) is 11.6. The minimum Gasteiger partial charge on any atom is -0.494 e. The highest BCUT2D eigenvalue weighted by Crippen LogP contribution is 2.13. The largest absolute Gasteiger partial charge is 0.494 e. The lowest BCUT2D eigenvalue weighted by Crippen LogP contribution is -2.41. The van der Waals surface area contributed by atoms with Crippen molar-refractivity contribution in [2.24, 2.45) is 0 Å². The Morgan fingerprint density at radius 2 is 2.00 bits per heavy atom. The molecule has 0 unspecified atom stereocenters. The molecule has 2 aromatic rings. The van der Waals surface area contributed by atoms with Gasteiger partial charge in [0.05, 0.1) is 0 Å². The number of H-pyrrole nitrogens is 1. The average molecular weight is 251 g/mol. The lowest BCUT2D eigenvalue weighted by Gasteiger charge is -2.05. The summed E-state index contributed by atoms with van der Waals surface area (Å²) in [5.41, 5.74) is 1.99. The lowest BCUT2D eigenvalue weighted by atomic mass is 10.0. The van der Waals surface area contributed by atoms with Crippen molar-refractivity contribution in [3.05, 3.63) is 68.3 Å². The third-order valence-corrected chi connectivity index (χ3v) is 3.12. The molecule has 0 spiro atoms. The Morgan fingerprint density at radius 3 is 2.79 bits per heavy atom. The number of nitrogens with one attached hydrogen (secondary N) is 1. The van der Waals surface area contributed by atoms with Crippen LogP contribution in [-0.2, 0) is 0 Å². The monoisotopic (exact) mass is 251 g/mol. The molecule has 0 fully saturated rings. The molecule has 3 heteroatoms. The van der Waals surface area contributed by atoms with Gasteiger partial charge in [-0.2, -0.15) is 0 Å². The molecule has 94 valence electrons. The van der Waals surface area contributed by atoms with E-state index in [1.807, 2.05) is 42.5 Å². The average Bonchev–Trinajstić information content (AvgIpc) is 2.39. The summed E-state index contributed by atoms with van der Waals surface area (Å²) in [6.07, 6.45) is 6.63. The first-order chi connectivity index (χ1) is 9.22. The van der Waals surface area contributed by atoms with Gasteiger partial charge in [-0.15, -0.1) is 0 Å². The molecule has 3 rings (SSSR count). The lowest BCUT2D eigenvalue weighted by molar-refractivity contribution is 0.450. The standard InChI is InChI=1S/C16H13NO2/c18-15-10-13-9-12(6-7-14(13)16(19)17-15)8-11-4-2-1-3-5-11/h1-5,7-10,18H,6H2,(H,17,19). The van der Waals surface area contributed by atoms with E-state index in [-0.39, 0.29) is 11.4 Å². The number of aromatic hydroxyl groups is 1. The number of aromatic amines is 1. The second-order valence-corrected chi connectivity index (χ2v) is 4.54. The van der Waals surface area contributed by atoms with Gasteiger partial charge in [-0.05, 0) is 22.8 Å². The Labute approximate surface area is 109 Å². The Morgan fingerprint density at radius 1 is 1.21 bits per heavy atom. The molecule has 3 nitrogen and oxygen atoms in total. The van der Waals surface area contributed by atoms with E-state index in [4.69, 9.17) is 0 Å². The van der Waals surface area contributed by atoms with Gasteiger partial charge in [0.1, 0.15) is 0 Å². The number of pyridine rings is 1. The summed E-state index contributed by atoms with van der Waals surface area (Å²) < 4.78 is 0. The zero-order chi connectivity index (χ0) is 13.2. The second-order valence-electron chi connectivity index (χ2n) is 4.54. The van der Waals surface area contributed by atoms with Gasteiger partial charge < -0.3 is 5.11 Å². The van der Waals surface area contributed by atoms with Crippen LogP contribution in [0.25, 0.3) is 18.2 Å². The van der Waals surface area contributed by atoms with Gasteiger partial charge in [0.15, 0.2) is 5.88 Å². The molecule has 0 saturated carbocycles. The molecule has 2 N–H and O–H groups in total. The molecule has 0 saturated heterocycles. The molecule has 1 aromatic heterocycles. The van der Waals surface area contributed by atoms with Gasteiger partial charge in [-0.1, -0.05) is 48.6 Å². The van der Waals surface area contributed by atoms with Crippen molar-refractivity contribution in [1.29, 1.82) is 0 Å². The molecule has 1 aliphatic rings. The molecule has 0 aliphatic heterocycles. The zero-order valence-electron chi connectivity index (χ0n) is 10.3. The molecule has 0 atom stereocenters. The van der Waals surface area contributed by atoms with Gasteiger partial charge in [0.2, 0.25) is 0 Å². The second kappa shape index (κ2) is 4.61. The molecule has 0 amide bonds. The van der Waals surface area contributed by atoms with Crippen molar-refractivity contribution in [2.45, 2.75) is 6.42 Å². The van der Waals surface area contributed by atoms with Crippen molar-refractivity contribution in [1.82, 2.24) is 4.98 Å². The van der Waals surface area contributed by atoms with E-state index in [2.05, 4.69) is 11.1 Å². The summed E-state index contributed by atoms with van der Waals surface area (Å²) in [7, 11) is 0. The van der Waals surface area contributed by atoms with Gasteiger partial charge >= 0.3 is 0 Å². The smallest absolute Gasteiger partial charge is 0.258 e. The van der Waals surface area contributed by atoms with Crippen LogP contribution < -0.4 is 16.0 Å². The van der Waals surface area contributed by atoms with Crippen LogP contribution in [0.15, 0.2) is 46.8 Å². The highest BCUT2D eigenvalue weighted by atomic mass is 16.3. The highest BCUT2D eigenvalue weighted by Gasteiger charge is 2.03. The van der Waals surface area contributed by atoms with Gasteiger partial charge in [0.25, 0.3) is 5.56 Å². The Kier molecular flexibility index (Phi) is 2.80. The molecule has 1 aromatic carbocycles. The molecule has 19 heavy (non-hydrogen) atoms. The fraction of sp³-hybridized carbons (Fsp3) is 0.0625. The van der Waals surface area contributed by atoms with E-state index in [1.165, 1.54) is 0 Å². The Bertz CT molecular complexity index is 814. The molecule has 1 aliphatic carbocycles. The predicted octanol–water partition coefficient (Wildman–Crippen LogP) is 1.13. The Balaban J connectivity index is 2.13. The number of hydrogen-bond acceptors (Lipinski definition) is 2. The maximum absolute atomic E-state index is 11.7. The minimum atomic E-state index is -0.245. The summed E-state index contributed by atoms with van der Waals surface area (Å²) >= 11 is 0. The number of hydrogen-bond donors (Lipinski definition) is 2. The van der Waals surface area contributed by atoms with Gasteiger partial charge in [-0.3, -0.25) is 9.78 Å². The van der Waals surface area contributed by atoms with Crippen molar-refractivity contribution in [3.63, 3.8) is 0 Å². The van der Waals surface area contributed by atoms with Crippen molar-refractivity contribution in [3.8, 4) is 5.88 Å². The molecule has 0 radical (unpaired) electrons. The maximum atomic E-state index is 11.7. The van der Waals surface area contributed by atoms with Crippen molar-refractivity contribution < 1.29 is 5.11 Å². The van der Waals surface area contributed by atoms with Crippen LogP contribution in [0.5, 0.6) is 5.88 Å². The van der Waals surface area contributed by atoms with E-state index in [0.717, 1.165) is 22.8 Å². The number of fused-ring (bicyclic) bond motifs is 1. The topological polar surface area (TPSA) is 53.1 Å². The number of allylic oxidation sites excluding steroid dienone is 1. The third kappa shape index (κ3) is 2.36. The van der Waals surface area contributed by atoms with E-state index >= 15 is 0 Å². The van der Waals surface area contributed by atoms with E-state index in [1.54, 1.807) is 6.07 Å². The molecule has 0 bridgehead atoms. The van der Waals surface area contributed by atoms with Gasteiger partial charge in [0, 0.05) is 11.3 Å². The first-order valence-electron chi connectivity index (χ1n) is 6.12. The molecule has 1 heterocycles. The molecular weight excluding hydrogens is 238 g/mol. The summed E-state index contributed by atoms with van der Waals surface area (Å²) in [6.45, 7) is 0. The minimum absolute atomic E-state index is 0.102. The van der Waals surface area contributed by atoms with Crippen LogP contribution in [0.4, 0.5) is 0 Å². The van der Waals surface area contributed by atoms with Crippen LogP contribution in [-0.4, -0.2) is 10.1 Å². The maximum Gasteiger partial charge on any atom is 0.258 e. The van der Waals surface area contributed by atoms with Crippen molar-refractivity contribution in [2.75, 3.05) is 0 Å². The SMILES string of the molecule is O=c1[nH]c(O)cc2c1=CCC(=Cc1ccccc1)C=2. The number of benzene rings is 1. The third-order valence-electron chi connectivity index (χ3n) is 3.12. The number of aromatic nitrogens is 1. The van der Waals surface area contributed by atoms with Crippen LogP contribution in [0.2, 0.25) is 0 Å². The van der Waals surface area contributed by atoms with Gasteiger partial charge in [-0.25, -0.2) is 0 Å². The number of rotatable bonds is 1. The Hall–Kier alpha value is -2.55. The first kappa shape index (κ1) is 11.5. The van der Waals surface area contributed by atoms with Crippen LogP contribution in [0.3, 0.4) is 0 Å². The van der Waals surface area contributed by atoms with E-state index < -0.39 is 0 Å². The summed E-state index contributed by atoms with van der Waals surface area (Å²) in [4.78, 5) is 14.1. The van der Waals surface area contributed by atoms with Crippen molar-refractivity contribution >= 4 is 18.2 Å². The summed E-state index contributed by atoms with van der Waals surface area (Å²) in [5, 5.41) is 10.8. The first-order valence-corrected chi connectivity index (χ1v) is 6.12. The fourth-order valence-electron chi connectivity index (χ4n) is 2.25. The van der Waals surface area contributed by atoms with Crippen LogP contribution in [0, 0.1) is 0 Å². The van der Waals surface area contributed by atoms with Crippen LogP contribution in [0.1, 0.15) is 12.0 Å². The normalized spacial score (nSPS) is 15.5. The van der Waals surface area contributed by atoms with E-state index in [9.17, 15) is 9.90 Å². The predicted molar refractivity (Wildman–Crippen MR) is 75.9 cm³/mol.